The van der Waals surface area contributed by atoms with E-state index in [0.717, 1.165) is 12.1 Å². The second-order valence-corrected chi connectivity index (χ2v) is 3.21. The van der Waals surface area contributed by atoms with E-state index in [1.165, 1.54) is 12.1 Å². The molecule has 0 atom stereocenters. The van der Waals surface area contributed by atoms with E-state index in [4.69, 9.17) is 15.7 Å². The molecule has 0 saturated heterocycles. The van der Waals surface area contributed by atoms with Gasteiger partial charge in [0.25, 0.3) is 0 Å². The van der Waals surface area contributed by atoms with Crippen LogP contribution in [-0.4, -0.2) is 24.0 Å². The van der Waals surface area contributed by atoms with Gasteiger partial charge in [-0.05, 0) is 24.3 Å². The minimum atomic E-state index is -4.71. The molecule has 0 unspecified atom stereocenters. The van der Waals surface area contributed by atoms with Gasteiger partial charge in [0.15, 0.2) is 0 Å². The van der Waals surface area contributed by atoms with Crippen LogP contribution in [0.25, 0.3) is 0 Å². The van der Waals surface area contributed by atoms with Crippen LogP contribution in [0.3, 0.4) is 0 Å². The smallest absolute Gasteiger partial charge is 0.493 e. The first-order chi connectivity index (χ1) is 8.40. The molecule has 0 aliphatic heterocycles. The van der Waals surface area contributed by atoms with Gasteiger partial charge in [-0.25, -0.2) is 0 Å². The lowest BCUT2D eigenvalue weighted by Gasteiger charge is -2.09. The zero-order chi connectivity index (χ0) is 13.6. The van der Waals surface area contributed by atoms with E-state index >= 15 is 0 Å². The van der Waals surface area contributed by atoms with E-state index in [1.807, 2.05) is 0 Å². The number of oxime groups is 1. The van der Waals surface area contributed by atoms with Gasteiger partial charge < -0.3 is 20.4 Å². The Morgan fingerprint density at radius 1 is 1.22 bits per heavy atom. The fourth-order valence-corrected chi connectivity index (χ4v) is 1.06. The molecule has 5 nitrogen and oxygen atoms in total. The molecule has 1 rings (SSSR count). The Balaban J connectivity index is 2.46. The van der Waals surface area contributed by atoms with Crippen LogP contribution in [0, 0.1) is 0 Å². The molecule has 0 aliphatic rings. The highest BCUT2D eigenvalue weighted by Crippen LogP contribution is 2.24. The Morgan fingerprint density at radius 2 is 1.78 bits per heavy atom. The van der Waals surface area contributed by atoms with Gasteiger partial charge >= 0.3 is 6.36 Å². The number of ether oxygens (including phenoxy) is 2. The van der Waals surface area contributed by atoms with Crippen molar-refractivity contribution in [3.05, 3.63) is 24.3 Å². The highest BCUT2D eigenvalue weighted by molar-refractivity contribution is 5.79. The summed E-state index contributed by atoms with van der Waals surface area (Å²) in [5.41, 5.74) is 5.21. The summed E-state index contributed by atoms with van der Waals surface area (Å²) in [7, 11) is 0. The summed E-state index contributed by atoms with van der Waals surface area (Å²) >= 11 is 0. The highest BCUT2D eigenvalue weighted by atomic mass is 19.4. The summed E-state index contributed by atoms with van der Waals surface area (Å²) in [5, 5.41) is 11.0. The molecular formula is C10H11F3N2O3. The summed E-state index contributed by atoms with van der Waals surface area (Å²) in [6, 6.07) is 4.92. The van der Waals surface area contributed by atoms with Crippen LogP contribution in [-0.2, 0) is 0 Å². The molecule has 0 radical (unpaired) electrons. The van der Waals surface area contributed by atoms with E-state index in [2.05, 4.69) is 9.89 Å². The number of hydrogen-bond donors (Lipinski definition) is 2. The van der Waals surface area contributed by atoms with Crippen molar-refractivity contribution in [3.8, 4) is 11.5 Å². The monoisotopic (exact) mass is 264 g/mol. The van der Waals surface area contributed by atoms with Crippen LogP contribution in [0.1, 0.15) is 6.42 Å². The lowest BCUT2D eigenvalue weighted by molar-refractivity contribution is -0.274. The standard InChI is InChI=1S/C10H11F3N2O3/c11-10(12,13)18-8-3-1-7(2-4-8)17-6-5-9(14)15-16/h1-4,16H,5-6H2,(H2,14,15). The van der Waals surface area contributed by atoms with E-state index in [-0.39, 0.29) is 24.6 Å². The predicted molar refractivity (Wildman–Crippen MR) is 56.6 cm³/mol. The van der Waals surface area contributed by atoms with Crippen LogP contribution in [0.2, 0.25) is 0 Å². The quantitative estimate of drug-likeness (QED) is 0.369. The van der Waals surface area contributed by atoms with E-state index in [9.17, 15) is 13.2 Å². The molecular weight excluding hydrogens is 253 g/mol. The lowest BCUT2D eigenvalue weighted by Crippen LogP contribution is -2.17. The van der Waals surface area contributed by atoms with Crippen molar-refractivity contribution in [3.63, 3.8) is 0 Å². The molecule has 100 valence electrons. The van der Waals surface area contributed by atoms with Crippen molar-refractivity contribution in [1.82, 2.24) is 0 Å². The Hall–Kier alpha value is -2.12. The van der Waals surface area contributed by atoms with Gasteiger partial charge in [-0.2, -0.15) is 0 Å². The molecule has 18 heavy (non-hydrogen) atoms. The first-order valence-electron chi connectivity index (χ1n) is 4.86. The third kappa shape index (κ3) is 5.28. The Kier molecular flexibility index (Phi) is 4.64. The van der Waals surface area contributed by atoms with Crippen LogP contribution >= 0.6 is 0 Å². The first kappa shape index (κ1) is 13.9. The van der Waals surface area contributed by atoms with Crippen LogP contribution < -0.4 is 15.2 Å². The van der Waals surface area contributed by atoms with Gasteiger partial charge in [-0.3, -0.25) is 0 Å². The second-order valence-electron chi connectivity index (χ2n) is 3.21. The molecule has 0 spiro atoms. The second kappa shape index (κ2) is 5.99. The fraction of sp³-hybridized carbons (Fsp3) is 0.300. The molecule has 0 aliphatic carbocycles. The molecule has 0 amide bonds. The van der Waals surface area contributed by atoms with E-state index < -0.39 is 6.36 Å². The van der Waals surface area contributed by atoms with Crippen LogP contribution in [0.15, 0.2) is 29.4 Å². The third-order valence-corrected chi connectivity index (χ3v) is 1.81. The van der Waals surface area contributed by atoms with Crippen molar-refractivity contribution in [2.24, 2.45) is 10.9 Å². The number of nitrogens with two attached hydrogens (primary N) is 1. The maximum absolute atomic E-state index is 11.9. The predicted octanol–water partition coefficient (Wildman–Crippen LogP) is 2.10. The van der Waals surface area contributed by atoms with E-state index in [1.54, 1.807) is 0 Å². The molecule has 0 heterocycles. The SMILES string of the molecule is N/C(CCOc1ccc(OC(F)(F)F)cc1)=N/O. The number of hydrogen-bond acceptors (Lipinski definition) is 4. The van der Waals surface area contributed by atoms with Gasteiger partial charge in [0.2, 0.25) is 0 Å². The zero-order valence-electron chi connectivity index (χ0n) is 9.15. The Morgan fingerprint density at radius 3 is 2.28 bits per heavy atom. The van der Waals surface area contributed by atoms with Crippen molar-refractivity contribution in [2.75, 3.05) is 6.61 Å². The van der Waals surface area contributed by atoms with Gasteiger partial charge in [-0.1, -0.05) is 5.16 Å². The minimum Gasteiger partial charge on any atom is -0.493 e. The average molecular weight is 264 g/mol. The maximum Gasteiger partial charge on any atom is 0.573 e. The molecule has 3 N–H and O–H groups in total. The van der Waals surface area contributed by atoms with Gasteiger partial charge in [0.1, 0.15) is 17.3 Å². The number of nitrogens with zero attached hydrogens (tertiary/aromatic N) is 1. The number of benzene rings is 1. The molecule has 0 saturated carbocycles. The van der Waals surface area contributed by atoms with Gasteiger partial charge in [-0.15, -0.1) is 13.2 Å². The molecule has 0 bridgehead atoms. The third-order valence-electron chi connectivity index (χ3n) is 1.81. The lowest BCUT2D eigenvalue weighted by atomic mass is 10.3. The molecule has 1 aromatic rings. The molecule has 0 fully saturated rings. The summed E-state index contributed by atoms with van der Waals surface area (Å²) in [5.74, 6) is 0.0357. The average Bonchev–Trinajstić information content (AvgIpc) is 2.29. The summed E-state index contributed by atoms with van der Waals surface area (Å²) < 4.78 is 44.4. The number of rotatable bonds is 5. The summed E-state index contributed by atoms with van der Waals surface area (Å²) in [6.45, 7) is 0.148. The van der Waals surface area contributed by atoms with E-state index in [0.29, 0.717) is 5.75 Å². The normalized spacial score (nSPS) is 12.3. The van der Waals surface area contributed by atoms with Crippen molar-refractivity contribution >= 4 is 5.84 Å². The maximum atomic E-state index is 11.9. The minimum absolute atomic E-state index is 0.00650. The largest absolute Gasteiger partial charge is 0.573 e. The molecule has 8 heteroatoms. The molecule has 1 aromatic carbocycles. The van der Waals surface area contributed by atoms with Crippen molar-refractivity contribution in [1.29, 1.82) is 0 Å². The number of halogens is 3. The Bertz CT molecular complexity index is 404. The number of amidine groups is 1. The Labute approximate surface area is 101 Å². The highest BCUT2D eigenvalue weighted by Gasteiger charge is 2.30. The topological polar surface area (TPSA) is 77.1 Å². The van der Waals surface area contributed by atoms with Crippen molar-refractivity contribution in [2.45, 2.75) is 12.8 Å². The summed E-state index contributed by atoms with van der Waals surface area (Å²) in [6.07, 6.45) is -4.51. The first-order valence-corrected chi connectivity index (χ1v) is 4.86. The number of alkyl halides is 3. The van der Waals surface area contributed by atoms with Gasteiger partial charge in [0, 0.05) is 6.42 Å². The van der Waals surface area contributed by atoms with Crippen LogP contribution in [0.5, 0.6) is 11.5 Å². The molecule has 0 aromatic heterocycles. The zero-order valence-corrected chi connectivity index (χ0v) is 9.15. The van der Waals surface area contributed by atoms with Crippen molar-refractivity contribution < 1.29 is 27.9 Å². The van der Waals surface area contributed by atoms with Gasteiger partial charge in [0.05, 0.1) is 6.61 Å². The fourth-order valence-electron chi connectivity index (χ4n) is 1.06. The van der Waals surface area contributed by atoms with Crippen LogP contribution in [0.4, 0.5) is 13.2 Å². The summed E-state index contributed by atoms with van der Waals surface area (Å²) in [4.78, 5) is 0.